The Balaban J connectivity index is 2.00. The average molecular weight is 307 g/mol. The molecule has 3 N–H and O–H groups in total. The van der Waals surface area contributed by atoms with Gasteiger partial charge in [0, 0.05) is 26.2 Å². The van der Waals surface area contributed by atoms with Crippen LogP contribution in [0.2, 0.25) is 0 Å². The van der Waals surface area contributed by atoms with Gasteiger partial charge in [0.1, 0.15) is 12.4 Å². The summed E-state index contributed by atoms with van der Waals surface area (Å²) in [6, 6.07) is 7.59. The highest BCUT2D eigenvalue weighted by Crippen LogP contribution is 2.15. The van der Waals surface area contributed by atoms with E-state index in [-0.39, 0.29) is 12.5 Å². The zero-order chi connectivity index (χ0) is 15.9. The lowest BCUT2D eigenvalue weighted by atomic mass is 10.1. The number of hydrogen-bond donors (Lipinski definition) is 2. The van der Waals surface area contributed by atoms with E-state index in [2.05, 4.69) is 5.32 Å². The van der Waals surface area contributed by atoms with Crippen LogP contribution < -0.4 is 15.8 Å². The van der Waals surface area contributed by atoms with Crippen molar-refractivity contribution in [3.8, 4) is 5.75 Å². The fourth-order valence-corrected chi connectivity index (χ4v) is 2.37. The summed E-state index contributed by atoms with van der Waals surface area (Å²) < 4.78 is 9.89. The van der Waals surface area contributed by atoms with Gasteiger partial charge in [0.05, 0.1) is 13.0 Å². The topological polar surface area (TPSA) is 93.9 Å². The monoisotopic (exact) mass is 307 g/mol. The molecule has 0 bridgehead atoms. The van der Waals surface area contributed by atoms with Gasteiger partial charge in [0.25, 0.3) is 0 Å². The Bertz CT molecular complexity index is 518. The largest absolute Gasteiger partial charge is 0.497 e. The van der Waals surface area contributed by atoms with E-state index in [1.54, 1.807) is 12.0 Å². The Hall–Kier alpha value is -2.28. The minimum atomic E-state index is -0.862. The van der Waals surface area contributed by atoms with Gasteiger partial charge in [-0.1, -0.05) is 12.1 Å². The van der Waals surface area contributed by atoms with Crippen LogP contribution in [0.15, 0.2) is 24.3 Å². The predicted octanol–water partition coefficient (Wildman–Crippen LogP) is 0.339. The van der Waals surface area contributed by atoms with E-state index in [9.17, 15) is 9.59 Å². The number of ether oxygens (including phenoxy) is 2. The Labute approximate surface area is 129 Å². The fraction of sp³-hybridized carbons (Fsp3) is 0.467. The first-order valence-electron chi connectivity index (χ1n) is 7.15. The molecule has 120 valence electrons. The number of rotatable bonds is 5. The smallest absolute Gasteiger partial charge is 0.404 e. The molecule has 1 heterocycles. The van der Waals surface area contributed by atoms with Crippen molar-refractivity contribution in [2.45, 2.75) is 6.54 Å². The third-order valence-electron chi connectivity index (χ3n) is 3.57. The Morgan fingerprint density at radius 3 is 2.77 bits per heavy atom. The highest BCUT2D eigenvalue weighted by atomic mass is 16.5. The molecule has 1 fully saturated rings. The Morgan fingerprint density at radius 1 is 1.41 bits per heavy atom. The molecule has 1 aliphatic heterocycles. The number of methoxy groups -OCH3 is 1. The standard InChI is InChI=1S/C15H21N3O4/c1-21-13-4-2-11(3-5-13)9-18-7-6-17-8-12(14(18)19)10-22-15(16)20/h2-5,12,17H,6-10H2,1H3,(H2,16,20). The van der Waals surface area contributed by atoms with Gasteiger partial charge in [-0.15, -0.1) is 0 Å². The van der Waals surface area contributed by atoms with Gasteiger partial charge in [0.2, 0.25) is 5.91 Å². The molecule has 2 rings (SSSR count). The van der Waals surface area contributed by atoms with Crippen LogP contribution in [0.4, 0.5) is 4.79 Å². The van der Waals surface area contributed by atoms with Crippen molar-refractivity contribution >= 4 is 12.0 Å². The maximum absolute atomic E-state index is 12.5. The molecular weight excluding hydrogens is 286 g/mol. The predicted molar refractivity (Wildman–Crippen MR) is 80.3 cm³/mol. The van der Waals surface area contributed by atoms with E-state index in [1.807, 2.05) is 24.3 Å². The Kier molecular flexibility index (Phi) is 5.60. The van der Waals surface area contributed by atoms with Crippen molar-refractivity contribution in [3.63, 3.8) is 0 Å². The van der Waals surface area contributed by atoms with Crippen molar-refractivity contribution in [2.24, 2.45) is 11.7 Å². The first kappa shape index (κ1) is 16.1. The molecule has 1 saturated heterocycles. The lowest BCUT2D eigenvalue weighted by molar-refractivity contribution is -0.136. The lowest BCUT2D eigenvalue weighted by Crippen LogP contribution is -2.38. The van der Waals surface area contributed by atoms with Crippen LogP contribution in [-0.2, 0) is 16.1 Å². The zero-order valence-corrected chi connectivity index (χ0v) is 12.6. The van der Waals surface area contributed by atoms with Gasteiger partial charge >= 0.3 is 6.09 Å². The summed E-state index contributed by atoms with van der Waals surface area (Å²) in [5, 5.41) is 3.17. The molecule has 1 atom stereocenters. The SMILES string of the molecule is COc1ccc(CN2CCNCC(COC(N)=O)C2=O)cc1. The maximum Gasteiger partial charge on any atom is 0.404 e. The molecule has 1 unspecified atom stereocenters. The minimum Gasteiger partial charge on any atom is -0.497 e. The number of nitrogens with zero attached hydrogens (tertiary/aromatic N) is 1. The minimum absolute atomic E-state index is 0.000277. The van der Waals surface area contributed by atoms with Crippen LogP contribution >= 0.6 is 0 Å². The van der Waals surface area contributed by atoms with Gasteiger partial charge in [-0.3, -0.25) is 4.79 Å². The summed E-state index contributed by atoms with van der Waals surface area (Å²) >= 11 is 0. The summed E-state index contributed by atoms with van der Waals surface area (Å²) in [6.45, 7) is 2.30. The van der Waals surface area contributed by atoms with E-state index in [0.29, 0.717) is 26.2 Å². The van der Waals surface area contributed by atoms with Crippen LogP contribution in [0.1, 0.15) is 5.56 Å². The van der Waals surface area contributed by atoms with Gasteiger partial charge < -0.3 is 25.4 Å². The first-order chi connectivity index (χ1) is 10.6. The summed E-state index contributed by atoms with van der Waals surface area (Å²) in [7, 11) is 1.61. The molecule has 0 aliphatic carbocycles. The van der Waals surface area contributed by atoms with Crippen molar-refractivity contribution in [2.75, 3.05) is 33.4 Å². The molecule has 0 spiro atoms. The number of hydrogen-bond acceptors (Lipinski definition) is 5. The van der Waals surface area contributed by atoms with Crippen LogP contribution in [-0.4, -0.2) is 50.3 Å². The Morgan fingerprint density at radius 2 is 2.14 bits per heavy atom. The highest BCUT2D eigenvalue weighted by Gasteiger charge is 2.27. The van der Waals surface area contributed by atoms with E-state index < -0.39 is 12.0 Å². The molecular formula is C15H21N3O4. The highest BCUT2D eigenvalue weighted by molar-refractivity contribution is 5.80. The normalized spacial score (nSPS) is 18.7. The molecule has 7 heteroatoms. The first-order valence-corrected chi connectivity index (χ1v) is 7.15. The van der Waals surface area contributed by atoms with Gasteiger partial charge in [-0.2, -0.15) is 0 Å². The number of carbonyl (C=O) groups excluding carboxylic acids is 2. The van der Waals surface area contributed by atoms with E-state index in [0.717, 1.165) is 11.3 Å². The molecule has 22 heavy (non-hydrogen) atoms. The summed E-state index contributed by atoms with van der Waals surface area (Å²) in [6.07, 6.45) is -0.862. The van der Waals surface area contributed by atoms with Crippen LogP contribution in [0.5, 0.6) is 5.75 Å². The van der Waals surface area contributed by atoms with Crippen LogP contribution in [0.3, 0.4) is 0 Å². The molecule has 2 amide bonds. The summed E-state index contributed by atoms with van der Waals surface area (Å²) in [5.74, 6) is 0.329. The zero-order valence-electron chi connectivity index (χ0n) is 12.6. The molecule has 0 aromatic heterocycles. The van der Waals surface area contributed by atoms with Crippen LogP contribution in [0.25, 0.3) is 0 Å². The number of benzene rings is 1. The second-order valence-corrected chi connectivity index (χ2v) is 5.14. The molecule has 1 aromatic carbocycles. The quantitative estimate of drug-likeness (QED) is 0.818. The van der Waals surface area contributed by atoms with E-state index in [1.165, 1.54) is 0 Å². The average Bonchev–Trinajstić information content (AvgIpc) is 2.69. The summed E-state index contributed by atoms with van der Waals surface area (Å²) in [5.41, 5.74) is 5.98. The van der Waals surface area contributed by atoms with Gasteiger partial charge in [0.15, 0.2) is 0 Å². The fourth-order valence-electron chi connectivity index (χ4n) is 2.37. The maximum atomic E-state index is 12.5. The molecule has 1 aliphatic rings. The van der Waals surface area contributed by atoms with Crippen molar-refractivity contribution in [1.82, 2.24) is 10.2 Å². The summed E-state index contributed by atoms with van der Waals surface area (Å²) in [4.78, 5) is 25.0. The third kappa shape index (κ3) is 4.36. The van der Waals surface area contributed by atoms with Crippen molar-refractivity contribution < 1.29 is 19.1 Å². The van der Waals surface area contributed by atoms with Crippen LogP contribution in [0, 0.1) is 5.92 Å². The molecule has 1 aromatic rings. The van der Waals surface area contributed by atoms with Crippen molar-refractivity contribution in [3.05, 3.63) is 29.8 Å². The second kappa shape index (κ2) is 7.65. The number of amides is 2. The number of carbonyl (C=O) groups is 2. The lowest BCUT2D eigenvalue weighted by Gasteiger charge is -2.23. The molecule has 0 saturated carbocycles. The van der Waals surface area contributed by atoms with Crippen molar-refractivity contribution in [1.29, 1.82) is 0 Å². The van der Waals surface area contributed by atoms with E-state index >= 15 is 0 Å². The van der Waals surface area contributed by atoms with E-state index in [4.69, 9.17) is 15.2 Å². The number of nitrogens with two attached hydrogens (primary N) is 1. The molecule has 7 nitrogen and oxygen atoms in total. The van der Waals surface area contributed by atoms with Gasteiger partial charge in [-0.05, 0) is 17.7 Å². The number of nitrogens with one attached hydrogen (secondary N) is 1. The molecule has 0 radical (unpaired) electrons. The van der Waals surface area contributed by atoms with Gasteiger partial charge in [-0.25, -0.2) is 4.79 Å². The third-order valence-corrected chi connectivity index (χ3v) is 3.57. The number of primary amides is 1. The second-order valence-electron chi connectivity index (χ2n) is 5.14.